The largest absolute Gasteiger partial charge is 0.388 e. The Bertz CT molecular complexity index is 913. The number of urea groups is 1. The highest BCUT2D eigenvalue weighted by Crippen LogP contribution is 2.39. The SMILES string of the molecule is CC1(O)CCN(C(=O)N2CCOCC2)C(c2cccs2)C1NC(=O)c1ccc(F)cc1. The molecule has 4 rings (SSSR count). The zero-order valence-electron chi connectivity index (χ0n) is 17.3. The van der Waals surface area contributed by atoms with Crippen molar-refractivity contribution in [2.24, 2.45) is 0 Å². The number of morpholine rings is 1. The zero-order chi connectivity index (χ0) is 22.0. The number of aliphatic hydroxyl groups is 1. The zero-order valence-corrected chi connectivity index (χ0v) is 18.1. The van der Waals surface area contributed by atoms with Crippen molar-refractivity contribution in [2.45, 2.75) is 31.0 Å². The van der Waals surface area contributed by atoms with Crippen molar-refractivity contribution >= 4 is 23.3 Å². The molecule has 2 N–H and O–H groups in total. The van der Waals surface area contributed by atoms with Crippen LogP contribution in [0.5, 0.6) is 0 Å². The molecule has 1 aromatic carbocycles. The van der Waals surface area contributed by atoms with Gasteiger partial charge in [0.15, 0.2) is 0 Å². The second kappa shape index (κ2) is 8.94. The summed E-state index contributed by atoms with van der Waals surface area (Å²) in [6.45, 7) is 4.05. The topological polar surface area (TPSA) is 82.1 Å². The van der Waals surface area contributed by atoms with Crippen LogP contribution >= 0.6 is 11.3 Å². The van der Waals surface area contributed by atoms with Crippen molar-refractivity contribution in [1.82, 2.24) is 15.1 Å². The van der Waals surface area contributed by atoms with Crippen LogP contribution < -0.4 is 5.32 Å². The van der Waals surface area contributed by atoms with Crippen LogP contribution in [0.3, 0.4) is 0 Å². The number of rotatable bonds is 3. The highest BCUT2D eigenvalue weighted by Gasteiger charge is 2.49. The maximum atomic E-state index is 13.4. The summed E-state index contributed by atoms with van der Waals surface area (Å²) in [4.78, 5) is 30.7. The highest BCUT2D eigenvalue weighted by molar-refractivity contribution is 7.10. The number of likely N-dealkylation sites (tertiary alicyclic amines) is 1. The van der Waals surface area contributed by atoms with E-state index in [1.807, 2.05) is 17.5 Å². The number of hydrogen-bond acceptors (Lipinski definition) is 5. The Morgan fingerprint density at radius 3 is 2.55 bits per heavy atom. The van der Waals surface area contributed by atoms with E-state index in [2.05, 4.69) is 5.32 Å². The first-order valence-corrected chi connectivity index (χ1v) is 11.2. The standard InChI is InChI=1S/C22H26FN3O4S/c1-22(29)8-9-26(21(28)25-10-12-30-13-11-25)18(17-3-2-14-31-17)19(22)24-20(27)15-4-6-16(23)7-5-15/h2-7,14,18-19,29H,8-13H2,1H3,(H,24,27). The lowest BCUT2D eigenvalue weighted by Crippen LogP contribution is -2.64. The van der Waals surface area contributed by atoms with E-state index in [9.17, 15) is 19.1 Å². The van der Waals surface area contributed by atoms with E-state index < -0.39 is 29.4 Å². The number of thiophene rings is 1. The lowest BCUT2D eigenvalue weighted by molar-refractivity contribution is -0.0566. The minimum Gasteiger partial charge on any atom is -0.388 e. The van der Waals surface area contributed by atoms with Gasteiger partial charge in [0.2, 0.25) is 0 Å². The fourth-order valence-corrected chi connectivity index (χ4v) is 5.02. The van der Waals surface area contributed by atoms with Crippen molar-refractivity contribution in [1.29, 1.82) is 0 Å². The predicted molar refractivity (Wildman–Crippen MR) is 114 cm³/mol. The maximum Gasteiger partial charge on any atom is 0.320 e. The smallest absolute Gasteiger partial charge is 0.320 e. The quantitative estimate of drug-likeness (QED) is 0.758. The van der Waals surface area contributed by atoms with Gasteiger partial charge in [-0.15, -0.1) is 11.3 Å². The average molecular weight is 448 g/mol. The van der Waals surface area contributed by atoms with Crippen LogP contribution in [0.25, 0.3) is 0 Å². The summed E-state index contributed by atoms with van der Waals surface area (Å²) in [5, 5.41) is 16.1. The number of nitrogens with zero attached hydrogens (tertiary/aromatic N) is 2. The molecule has 3 amide bonds. The number of hydrogen-bond donors (Lipinski definition) is 2. The van der Waals surface area contributed by atoms with Crippen molar-refractivity contribution in [3.8, 4) is 0 Å². The summed E-state index contributed by atoms with van der Waals surface area (Å²) < 4.78 is 18.6. The molecular weight excluding hydrogens is 421 g/mol. The molecule has 3 atom stereocenters. The van der Waals surface area contributed by atoms with Gasteiger partial charge in [-0.1, -0.05) is 6.07 Å². The Morgan fingerprint density at radius 2 is 1.90 bits per heavy atom. The molecule has 2 aliphatic rings. The van der Waals surface area contributed by atoms with Crippen molar-refractivity contribution < 1.29 is 23.8 Å². The van der Waals surface area contributed by atoms with Gasteiger partial charge in [-0.3, -0.25) is 4.79 Å². The molecule has 0 spiro atoms. The summed E-state index contributed by atoms with van der Waals surface area (Å²) in [5.74, 6) is -0.854. The monoisotopic (exact) mass is 447 g/mol. The number of halogens is 1. The molecule has 2 fully saturated rings. The van der Waals surface area contributed by atoms with Crippen molar-refractivity contribution in [2.75, 3.05) is 32.8 Å². The number of benzene rings is 1. The summed E-state index contributed by atoms with van der Waals surface area (Å²) in [6, 6.07) is 7.66. The van der Waals surface area contributed by atoms with E-state index in [1.54, 1.807) is 16.7 Å². The molecule has 7 nitrogen and oxygen atoms in total. The Morgan fingerprint density at radius 1 is 1.19 bits per heavy atom. The van der Waals surface area contributed by atoms with Crippen molar-refractivity contribution in [3.63, 3.8) is 0 Å². The van der Waals surface area contributed by atoms with Crippen LogP contribution in [0.4, 0.5) is 9.18 Å². The normalized spacial score (nSPS) is 26.5. The molecule has 166 valence electrons. The number of amides is 3. The first kappa shape index (κ1) is 21.7. The van der Waals surface area contributed by atoms with Gasteiger partial charge in [0.05, 0.1) is 30.9 Å². The first-order chi connectivity index (χ1) is 14.9. The average Bonchev–Trinajstić information content (AvgIpc) is 3.30. The van der Waals surface area contributed by atoms with Crippen LogP contribution in [0, 0.1) is 5.82 Å². The Hall–Kier alpha value is -2.49. The Kier molecular flexibility index (Phi) is 6.27. The molecule has 9 heteroatoms. The number of carbonyl (C=O) groups is 2. The van der Waals surface area contributed by atoms with E-state index >= 15 is 0 Å². The Balaban J connectivity index is 1.65. The van der Waals surface area contributed by atoms with E-state index in [0.29, 0.717) is 44.8 Å². The molecule has 0 saturated carbocycles. The van der Waals surface area contributed by atoms with E-state index in [4.69, 9.17) is 4.74 Å². The highest BCUT2D eigenvalue weighted by atomic mass is 32.1. The molecule has 31 heavy (non-hydrogen) atoms. The van der Waals surface area contributed by atoms with Gasteiger partial charge < -0.3 is 25.0 Å². The summed E-state index contributed by atoms with van der Waals surface area (Å²) in [6.07, 6.45) is 0.319. The fraction of sp³-hybridized carbons (Fsp3) is 0.455. The fourth-order valence-electron chi connectivity index (χ4n) is 4.15. The van der Waals surface area contributed by atoms with Crippen molar-refractivity contribution in [3.05, 3.63) is 58.0 Å². The molecule has 2 aromatic rings. The number of piperidine rings is 1. The molecular formula is C22H26FN3O4S. The molecule has 2 saturated heterocycles. The summed E-state index contributed by atoms with van der Waals surface area (Å²) in [7, 11) is 0. The minimum atomic E-state index is -1.23. The van der Waals surface area contributed by atoms with Crippen LogP contribution in [-0.4, -0.2) is 71.3 Å². The van der Waals surface area contributed by atoms with Gasteiger partial charge in [-0.05, 0) is 49.1 Å². The Labute approximate surface area is 184 Å². The van der Waals surface area contributed by atoms with Crippen LogP contribution in [0.1, 0.15) is 34.6 Å². The van der Waals surface area contributed by atoms with Crippen LogP contribution in [0.2, 0.25) is 0 Å². The molecule has 2 aliphatic heterocycles. The van der Waals surface area contributed by atoms with Gasteiger partial charge in [0, 0.05) is 30.1 Å². The first-order valence-electron chi connectivity index (χ1n) is 10.3. The van der Waals surface area contributed by atoms with Gasteiger partial charge in [0.1, 0.15) is 5.82 Å². The number of carbonyl (C=O) groups excluding carboxylic acids is 2. The van der Waals surface area contributed by atoms with Gasteiger partial charge in [-0.25, -0.2) is 9.18 Å². The molecule has 0 bridgehead atoms. The molecule has 3 heterocycles. The lowest BCUT2D eigenvalue weighted by Gasteiger charge is -2.49. The van der Waals surface area contributed by atoms with Gasteiger partial charge in [-0.2, -0.15) is 0 Å². The minimum absolute atomic E-state index is 0.127. The number of ether oxygens (including phenoxy) is 1. The summed E-state index contributed by atoms with van der Waals surface area (Å²) >= 11 is 1.48. The summed E-state index contributed by atoms with van der Waals surface area (Å²) in [5.41, 5.74) is -0.940. The van der Waals surface area contributed by atoms with E-state index in [0.717, 1.165) is 4.88 Å². The molecule has 1 aromatic heterocycles. The van der Waals surface area contributed by atoms with E-state index in [-0.39, 0.29) is 6.03 Å². The van der Waals surface area contributed by atoms with Gasteiger partial charge in [0.25, 0.3) is 5.91 Å². The molecule has 3 unspecified atom stereocenters. The second-order valence-electron chi connectivity index (χ2n) is 8.10. The van der Waals surface area contributed by atoms with Gasteiger partial charge >= 0.3 is 6.03 Å². The van der Waals surface area contributed by atoms with Crippen LogP contribution in [0.15, 0.2) is 41.8 Å². The number of nitrogens with one attached hydrogen (secondary N) is 1. The molecule has 0 aliphatic carbocycles. The third-order valence-electron chi connectivity index (χ3n) is 5.94. The van der Waals surface area contributed by atoms with Crippen LogP contribution in [-0.2, 0) is 4.74 Å². The van der Waals surface area contributed by atoms with E-state index in [1.165, 1.54) is 35.6 Å². The third kappa shape index (κ3) is 4.58. The maximum absolute atomic E-state index is 13.4. The predicted octanol–water partition coefficient (Wildman–Crippen LogP) is 2.64. The third-order valence-corrected chi connectivity index (χ3v) is 6.88. The lowest BCUT2D eigenvalue weighted by atomic mass is 9.81. The second-order valence-corrected chi connectivity index (χ2v) is 9.08. The molecule has 0 radical (unpaired) electrons.